The number of anilines is 5. The molecular weight excluding hydrogens is 524 g/mol. The molecule has 0 radical (unpaired) electrons. The van der Waals surface area contributed by atoms with Crippen LogP contribution >= 0.6 is 0 Å². The van der Waals surface area contributed by atoms with Crippen molar-refractivity contribution in [3.63, 3.8) is 0 Å². The molecule has 0 aliphatic heterocycles. The van der Waals surface area contributed by atoms with Gasteiger partial charge in [-0.3, -0.25) is 10.1 Å². The van der Waals surface area contributed by atoms with Crippen LogP contribution in [-0.2, 0) is 0 Å². The predicted molar refractivity (Wildman–Crippen MR) is 170 cm³/mol. The first-order valence-corrected chi connectivity index (χ1v) is 13.2. The summed E-state index contributed by atoms with van der Waals surface area (Å²) < 4.78 is 0. The van der Waals surface area contributed by atoms with Crippen LogP contribution in [-0.4, -0.2) is 14.9 Å². The topological polar surface area (TPSA) is 119 Å². The average molecular weight is 553 g/mol. The Morgan fingerprint density at radius 3 is 1.40 bits per heavy atom. The third kappa shape index (κ3) is 7.13. The summed E-state index contributed by atoms with van der Waals surface area (Å²) in [6.45, 7) is 0. The molecule has 0 saturated carbocycles. The smallest absolute Gasteiger partial charge is 0.311 e. The molecule has 6 aromatic rings. The predicted octanol–water partition coefficient (Wildman–Crippen LogP) is 8.47. The zero-order valence-electron chi connectivity index (χ0n) is 22.6. The van der Waals surface area contributed by atoms with Gasteiger partial charge in [-0.1, -0.05) is 97.1 Å². The van der Waals surface area contributed by atoms with Crippen molar-refractivity contribution in [2.45, 2.75) is 0 Å². The van der Waals surface area contributed by atoms with Gasteiger partial charge in [-0.25, -0.2) is 9.97 Å². The minimum Gasteiger partial charge on any atom is -0.396 e. The normalized spacial score (nSPS) is 10.2. The fourth-order valence-corrected chi connectivity index (χ4v) is 4.12. The van der Waals surface area contributed by atoms with Gasteiger partial charge < -0.3 is 16.4 Å². The zero-order chi connectivity index (χ0) is 29.1. The van der Waals surface area contributed by atoms with Crippen molar-refractivity contribution in [3.05, 3.63) is 156 Å². The molecule has 6 rings (SSSR count). The molecule has 8 nitrogen and oxygen atoms in total. The Morgan fingerprint density at radius 2 is 0.929 bits per heavy atom. The number of hydrogen-bond donors (Lipinski definition) is 3. The Kier molecular flexibility index (Phi) is 8.76. The lowest BCUT2D eigenvalue weighted by Crippen LogP contribution is -2.00. The molecule has 0 saturated heterocycles. The first-order chi connectivity index (χ1) is 20.6. The van der Waals surface area contributed by atoms with E-state index in [2.05, 4.69) is 20.6 Å². The average Bonchev–Trinajstić information content (AvgIpc) is 3.04. The molecule has 0 amide bonds. The van der Waals surface area contributed by atoms with Crippen LogP contribution in [0, 0.1) is 10.1 Å². The minimum atomic E-state index is -0.437. The highest BCUT2D eigenvalue weighted by Crippen LogP contribution is 2.29. The van der Waals surface area contributed by atoms with E-state index in [-0.39, 0.29) is 11.5 Å². The van der Waals surface area contributed by atoms with Gasteiger partial charge in [-0.2, -0.15) is 0 Å². The van der Waals surface area contributed by atoms with Gasteiger partial charge in [0, 0.05) is 28.6 Å². The van der Waals surface area contributed by atoms with Gasteiger partial charge in [0.2, 0.25) is 5.82 Å². The molecule has 0 fully saturated rings. The summed E-state index contributed by atoms with van der Waals surface area (Å²) >= 11 is 0. The number of hydrogen-bond acceptors (Lipinski definition) is 7. The Bertz CT molecular complexity index is 1750. The summed E-state index contributed by atoms with van der Waals surface area (Å²) in [4.78, 5) is 19.8. The molecule has 42 heavy (non-hydrogen) atoms. The first-order valence-electron chi connectivity index (χ1n) is 13.2. The summed E-state index contributed by atoms with van der Waals surface area (Å²) in [6, 6.07) is 45.7. The number of nitro groups is 1. The second kappa shape index (κ2) is 13.4. The molecule has 0 unspecified atom stereocenters. The van der Waals surface area contributed by atoms with Crippen LogP contribution in [0.3, 0.4) is 0 Å². The van der Waals surface area contributed by atoms with E-state index in [4.69, 9.17) is 5.73 Å². The Hall–Kier alpha value is -6.02. The quantitative estimate of drug-likeness (QED) is 0.134. The highest BCUT2D eigenvalue weighted by atomic mass is 16.6. The number of aromatic nitrogens is 2. The maximum Gasteiger partial charge on any atom is 0.311 e. The van der Waals surface area contributed by atoms with E-state index in [1.165, 1.54) is 6.07 Å². The fraction of sp³-hybridized carbons (Fsp3) is 0. The largest absolute Gasteiger partial charge is 0.396 e. The Labute approximate surface area is 243 Å². The summed E-state index contributed by atoms with van der Waals surface area (Å²) in [7, 11) is 0. The third-order valence-corrected chi connectivity index (χ3v) is 6.21. The molecule has 0 aliphatic carbocycles. The maximum absolute atomic E-state index is 11.2. The highest BCUT2D eigenvalue weighted by Gasteiger charge is 2.16. The monoisotopic (exact) mass is 552 g/mol. The first kappa shape index (κ1) is 27.5. The van der Waals surface area contributed by atoms with Crippen molar-refractivity contribution in [2.75, 3.05) is 16.4 Å². The molecule has 2 heterocycles. The van der Waals surface area contributed by atoms with E-state index < -0.39 is 4.92 Å². The van der Waals surface area contributed by atoms with Gasteiger partial charge in [-0.05, 0) is 42.5 Å². The molecule has 4 N–H and O–H groups in total. The Balaban J connectivity index is 0.000000169. The van der Waals surface area contributed by atoms with Gasteiger partial charge in [-0.15, -0.1) is 0 Å². The number of nitrogens with one attached hydrogen (secondary N) is 2. The van der Waals surface area contributed by atoms with E-state index in [0.717, 1.165) is 28.2 Å². The number of nitrogen functional groups attached to an aromatic ring is 1. The number of para-hydroxylation sites is 2. The van der Waals surface area contributed by atoms with E-state index in [9.17, 15) is 10.1 Å². The van der Waals surface area contributed by atoms with Crippen molar-refractivity contribution in [2.24, 2.45) is 0 Å². The van der Waals surface area contributed by atoms with Crippen molar-refractivity contribution < 1.29 is 4.92 Å². The van der Waals surface area contributed by atoms with Crippen molar-refractivity contribution in [1.29, 1.82) is 0 Å². The lowest BCUT2D eigenvalue weighted by Gasteiger charge is -2.10. The maximum atomic E-state index is 11.2. The van der Waals surface area contributed by atoms with Crippen LogP contribution in [0.5, 0.6) is 0 Å². The highest BCUT2D eigenvalue weighted by molar-refractivity contribution is 5.73. The van der Waals surface area contributed by atoms with E-state index in [1.807, 2.05) is 133 Å². The fourth-order valence-electron chi connectivity index (χ4n) is 4.12. The number of rotatable bonds is 7. The lowest BCUT2D eigenvalue weighted by atomic mass is 10.1. The van der Waals surface area contributed by atoms with Gasteiger partial charge >= 0.3 is 5.69 Å². The second-order valence-electron chi connectivity index (χ2n) is 9.17. The zero-order valence-corrected chi connectivity index (χ0v) is 22.6. The van der Waals surface area contributed by atoms with Gasteiger partial charge in [0.25, 0.3) is 0 Å². The molecule has 0 aliphatic rings. The lowest BCUT2D eigenvalue weighted by molar-refractivity contribution is -0.384. The summed E-state index contributed by atoms with van der Waals surface area (Å²) in [6.07, 6.45) is 0. The van der Waals surface area contributed by atoms with E-state index >= 15 is 0 Å². The van der Waals surface area contributed by atoms with Crippen LogP contribution in [0.1, 0.15) is 0 Å². The van der Waals surface area contributed by atoms with Crippen molar-refractivity contribution in [3.8, 4) is 22.5 Å². The van der Waals surface area contributed by atoms with Crippen LogP contribution in [0.2, 0.25) is 0 Å². The van der Waals surface area contributed by atoms with Crippen molar-refractivity contribution in [1.82, 2.24) is 9.97 Å². The SMILES string of the molecule is Nc1ccc(-c2ccccc2)nc1Nc1ccccc1.O=[N+]([O-])c1ccc(-c2ccccc2)nc1Nc1ccccc1. The van der Waals surface area contributed by atoms with Crippen LogP contribution in [0.4, 0.5) is 34.4 Å². The van der Waals surface area contributed by atoms with Crippen LogP contribution in [0.15, 0.2) is 146 Å². The molecule has 8 heteroatoms. The van der Waals surface area contributed by atoms with Gasteiger partial charge in [0.1, 0.15) is 0 Å². The molecule has 4 aromatic carbocycles. The van der Waals surface area contributed by atoms with Crippen LogP contribution in [0.25, 0.3) is 22.5 Å². The molecule has 0 atom stereocenters. The van der Waals surface area contributed by atoms with Crippen LogP contribution < -0.4 is 16.4 Å². The second-order valence-corrected chi connectivity index (χ2v) is 9.17. The van der Waals surface area contributed by atoms with E-state index in [1.54, 1.807) is 6.07 Å². The number of nitrogens with two attached hydrogens (primary N) is 1. The Morgan fingerprint density at radius 1 is 0.524 bits per heavy atom. The van der Waals surface area contributed by atoms with E-state index in [0.29, 0.717) is 17.2 Å². The molecule has 206 valence electrons. The summed E-state index contributed by atoms with van der Waals surface area (Å²) in [5.74, 6) is 0.912. The molecule has 0 bridgehead atoms. The number of benzene rings is 4. The van der Waals surface area contributed by atoms with Gasteiger partial charge in [0.15, 0.2) is 5.82 Å². The molecular formula is C34H28N6O2. The third-order valence-electron chi connectivity index (χ3n) is 6.21. The van der Waals surface area contributed by atoms with Gasteiger partial charge in [0.05, 0.1) is 22.0 Å². The number of pyridine rings is 2. The summed E-state index contributed by atoms with van der Waals surface area (Å²) in [5.41, 5.74) is 11.9. The molecule has 0 spiro atoms. The standard InChI is InChI=1S/C17H13N3O2.C17H15N3/c21-20(22)16-12-11-15(13-7-3-1-4-8-13)19-17(16)18-14-9-5-2-6-10-14;18-15-11-12-16(13-7-3-1-4-8-13)20-17(15)19-14-9-5-2-6-10-14/h1-12H,(H,18,19);1-12H,18H2,(H,19,20). The van der Waals surface area contributed by atoms with Crippen molar-refractivity contribution >= 4 is 34.4 Å². The number of nitrogens with zero attached hydrogens (tertiary/aromatic N) is 3. The molecule has 2 aromatic heterocycles. The summed E-state index contributed by atoms with van der Waals surface area (Å²) in [5, 5.41) is 17.4. The minimum absolute atomic E-state index is 0.0523.